The molecule has 0 bridgehead atoms. The van der Waals surface area contributed by atoms with Gasteiger partial charge >= 0.3 is 47.7 Å². The molecule has 0 radical (unpaired) electrons. The van der Waals surface area contributed by atoms with Crippen molar-refractivity contribution >= 4 is 51.8 Å². The molecule has 4 rings (SSSR count). The summed E-state index contributed by atoms with van der Waals surface area (Å²) < 4.78 is 40.4. The maximum atomic E-state index is 13.5. The van der Waals surface area contributed by atoms with E-state index in [0.29, 0.717) is 0 Å². The fourth-order valence-corrected chi connectivity index (χ4v) is 5.23. The van der Waals surface area contributed by atoms with Gasteiger partial charge in [0.25, 0.3) is 11.8 Å². The number of carboxylic acids is 1. The SMILES string of the molecule is CC(=O)ON=C(C(=O)N[C@@H]1C(=O)N2C(C(=O)O)=C(C(CC(F)(F)F)=C3CCNC3=O)CC[C@H]12)c1csc(N)n1.[H-].[Na+]. The van der Waals surface area contributed by atoms with Crippen LogP contribution in [-0.4, -0.2) is 75.2 Å². The number of rotatable bonds is 7. The van der Waals surface area contributed by atoms with Gasteiger partial charge in [-0.1, -0.05) is 5.16 Å². The second kappa shape index (κ2) is 12.1. The van der Waals surface area contributed by atoms with Crippen molar-refractivity contribution in [2.75, 3.05) is 12.3 Å². The molecule has 18 heteroatoms. The molecule has 13 nitrogen and oxygen atoms in total. The Labute approximate surface area is 251 Å². The van der Waals surface area contributed by atoms with E-state index in [1.54, 1.807) is 0 Å². The number of halogens is 3. The largest absolute Gasteiger partial charge is 1.00 e. The Morgan fingerprint density at radius 1 is 1.35 bits per heavy atom. The van der Waals surface area contributed by atoms with Crippen molar-refractivity contribution in [3.8, 4) is 0 Å². The van der Waals surface area contributed by atoms with Crippen LogP contribution in [0.2, 0.25) is 0 Å². The van der Waals surface area contributed by atoms with E-state index in [1.807, 2.05) is 0 Å². The normalized spacial score (nSPS) is 22.1. The minimum Gasteiger partial charge on any atom is -1.00 e. The number of alkyl halides is 3. The Morgan fingerprint density at radius 3 is 2.58 bits per heavy atom. The van der Waals surface area contributed by atoms with Gasteiger partial charge in [0.2, 0.25) is 5.91 Å². The monoisotopic (exact) mass is 594 g/mol. The summed E-state index contributed by atoms with van der Waals surface area (Å²) in [7, 11) is 0. The number of amides is 3. The summed E-state index contributed by atoms with van der Waals surface area (Å²) in [5.41, 5.74) is 3.50. The van der Waals surface area contributed by atoms with Gasteiger partial charge in [0.15, 0.2) is 10.8 Å². The summed E-state index contributed by atoms with van der Waals surface area (Å²) in [5, 5.41) is 19.6. The van der Waals surface area contributed by atoms with Crippen molar-refractivity contribution in [3.63, 3.8) is 0 Å². The zero-order valence-electron chi connectivity index (χ0n) is 22.1. The molecule has 0 unspecified atom stereocenters. The molecule has 0 spiro atoms. The maximum absolute atomic E-state index is 13.5. The summed E-state index contributed by atoms with van der Waals surface area (Å²) in [5.74, 6) is -5.09. The van der Waals surface area contributed by atoms with E-state index in [1.165, 1.54) is 5.38 Å². The number of aromatic nitrogens is 1. The topological polar surface area (TPSA) is 193 Å². The number of carbonyl (C=O) groups is 5. The number of fused-ring (bicyclic) bond motifs is 1. The number of anilines is 1. The molecular weight excluding hydrogens is 572 g/mol. The zero-order chi connectivity index (χ0) is 28.6. The van der Waals surface area contributed by atoms with Gasteiger partial charge < -0.3 is 27.7 Å². The van der Waals surface area contributed by atoms with Crippen molar-refractivity contribution in [1.29, 1.82) is 0 Å². The molecule has 2 fully saturated rings. The molecule has 5 N–H and O–H groups in total. The number of hydrogen-bond donors (Lipinski definition) is 4. The smallest absolute Gasteiger partial charge is 1.00 e. The van der Waals surface area contributed by atoms with Gasteiger partial charge in [0.05, 0.1) is 12.5 Å². The minimum atomic E-state index is -4.75. The summed E-state index contributed by atoms with van der Waals surface area (Å²) in [6.45, 7) is 1.14. The first kappa shape index (κ1) is 31.3. The molecule has 0 aliphatic carbocycles. The quantitative estimate of drug-likeness (QED) is 0.0671. The van der Waals surface area contributed by atoms with Crippen LogP contribution in [0.5, 0.6) is 0 Å². The van der Waals surface area contributed by atoms with Crippen LogP contribution >= 0.6 is 11.3 Å². The molecule has 3 aliphatic heterocycles. The van der Waals surface area contributed by atoms with Crippen LogP contribution < -0.4 is 45.9 Å². The van der Waals surface area contributed by atoms with Gasteiger partial charge in [0, 0.05) is 24.4 Å². The third kappa shape index (κ3) is 6.37. The third-order valence-corrected chi connectivity index (χ3v) is 6.89. The molecule has 3 amide bonds. The summed E-state index contributed by atoms with van der Waals surface area (Å²) in [6.07, 6.45) is -6.50. The number of nitrogen functional groups attached to an aromatic ring is 1. The van der Waals surface area contributed by atoms with Crippen molar-refractivity contribution < 1.29 is 78.1 Å². The van der Waals surface area contributed by atoms with Crippen LogP contribution in [0.4, 0.5) is 18.3 Å². The van der Waals surface area contributed by atoms with E-state index in [0.717, 1.165) is 23.2 Å². The van der Waals surface area contributed by atoms with E-state index >= 15 is 0 Å². The van der Waals surface area contributed by atoms with Gasteiger partial charge in [-0.25, -0.2) is 14.6 Å². The summed E-state index contributed by atoms with van der Waals surface area (Å²) in [4.78, 5) is 70.9. The Hall–Kier alpha value is -3.28. The first-order valence-electron chi connectivity index (χ1n) is 11.4. The van der Waals surface area contributed by atoms with Crippen LogP contribution in [0.1, 0.15) is 39.7 Å². The van der Waals surface area contributed by atoms with Crippen molar-refractivity contribution in [3.05, 3.63) is 33.5 Å². The van der Waals surface area contributed by atoms with Gasteiger partial charge in [0.1, 0.15) is 17.4 Å². The van der Waals surface area contributed by atoms with E-state index in [2.05, 4.69) is 25.6 Å². The number of β-lactam (4-membered cyclic amide) rings is 1. The predicted octanol–water partition coefficient (Wildman–Crippen LogP) is -2.29. The molecule has 4 heterocycles. The third-order valence-electron chi connectivity index (χ3n) is 6.21. The standard InChI is InChI=1S/C22H21F3N6O7S.Na.H/c1-8(32)38-30-14(12-7-39-21(26)28-12)18(34)29-15-13-3-2-9(16(20(36)37)31(13)19(15)35)11(6-22(23,24)25)10-4-5-27-17(10)33;;/h7,13,15H,2-6H2,1H3,(H2,26,28)(H,27,33)(H,29,34)(H,36,37);;/q;+1;-1/t13-,15+;;/m1../s1. The summed E-state index contributed by atoms with van der Waals surface area (Å²) in [6, 6.07) is -2.15. The molecular formula is C22H22F3N6NaO7S. The second-order valence-electron chi connectivity index (χ2n) is 8.75. The first-order valence-corrected chi connectivity index (χ1v) is 12.3. The van der Waals surface area contributed by atoms with Crippen molar-refractivity contribution in [1.82, 2.24) is 20.5 Å². The number of nitrogens with one attached hydrogen (secondary N) is 2. The number of allylic oxidation sites excluding steroid dienone is 2. The molecule has 3 aliphatic rings. The number of carbonyl (C=O) groups excluding carboxylic acids is 4. The van der Waals surface area contributed by atoms with Crippen molar-refractivity contribution in [2.45, 2.75) is 50.9 Å². The number of oxime groups is 1. The average molecular weight is 595 g/mol. The molecule has 1 aromatic rings. The van der Waals surface area contributed by atoms with E-state index in [4.69, 9.17) is 5.73 Å². The fourth-order valence-electron chi connectivity index (χ4n) is 4.68. The van der Waals surface area contributed by atoms with Crippen molar-refractivity contribution in [2.24, 2.45) is 5.16 Å². The van der Waals surface area contributed by atoms with Crippen LogP contribution in [0, 0.1) is 0 Å². The molecule has 1 aromatic heterocycles. The van der Waals surface area contributed by atoms with Crippen LogP contribution in [0.25, 0.3) is 0 Å². The van der Waals surface area contributed by atoms with Crippen LogP contribution in [0.3, 0.4) is 0 Å². The summed E-state index contributed by atoms with van der Waals surface area (Å²) >= 11 is 0.968. The van der Waals surface area contributed by atoms with E-state index in [-0.39, 0.29) is 78.8 Å². The number of nitrogens with two attached hydrogens (primary N) is 1. The molecule has 2 saturated heterocycles. The Kier molecular flexibility index (Phi) is 9.43. The molecule has 40 heavy (non-hydrogen) atoms. The Morgan fingerprint density at radius 2 is 2.05 bits per heavy atom. The molecule has 210 valence electrons. The van der Waals surface area contributed by atoms with E-state index in [9.17, 15) is 42.3 Å². The van der Waals surface area contributed by atoms with Gasteiger partial charge in [-0.15, -0.1) is 11.3 Å². The Balaban J connectivity index is 0.00000294. The molecule has 2 atom stereocenters. The van der Waals surface area contributed by atoms with Gasteiger partial charge in [-0.2, -0.15) is 13.2 Å². The maximum Gasteiger partial charge on any atom is 1.00 e. The zero-order valence-corrected chi connectivity index (χ0v) is 23.9. The van der Waals surface area contributed by atoms with Crippen LogP contribution in [0.15, 0.2) is 33.0 Å². The number of thiazole rings is 1. The van der Waals surface area contributed by atoms with E-state index < -0.39 is 71.3 Å². The number of hydrogen-bond acceptors (Lipinski definition) is 10. The first-order chi connectivity index (χ1) is 18.3. The van der Waals surface area contributed by atoms with Gasteiger partial charge in [-0.05, 0) is 30.4 Å². The van der Waals surface area contributed by atoms with Crippen LogP contribution in [-0.2, 0) is 28.8 Å². The molecule has 0 saturated carbocycles. The number of nitrogens with zero attached hydrogens (tertiary/aromatic N) is 3. The minimum absolute atomic E-state index is 0. The Bertz CT molecular complexity index is 1380. The van der Waals surface area contributed by atoms with Gasteiger partial charge in [-0.3, -0.25) is 19.3 Å². The number of carboxylic acid groups (broad SMARTS) is 1. The number of aliphatic carboxylic acids is 1. The second-order valence-corrected chi connectivity index (χ2v) is 9.64. The predicted molar refractivity (Wildman–Crippen MR) is 128 cm³/mol. The average Bonchev–Trinajstić information content (AvgIpc) is 3.47. The fraction of sp³-hybridized carbons (Fsp3) is 0.409. The molecule has 0 aromatic carbocycles.